The molecule has 4 nitrogen and oxygen atoms in total. The van der Waals surface area contributed by atoms with Gasteiger partial charge in [-0.1, -0.05) is 6.07 Å². The third-order valence-corrected chi connectivity index (χ3v) is 3.18. The van der Waals surface area contributed by atoms with Gasteiger partial charge in [-0.3, -0.25) is 4.79 Å². The summed E-state index contributed by atoms with van der Waals surface area (Å²) in [5, 5.41) is 0. The molecule has 20 heavy (non-hydrogen) atoms. The molecule has 0 unspecified atom stereocenters. The van der Waals surface area contributed by atoms with E-state index >= 15 is 0 Å². The molecule has 1 aliphatic heterocycles. The minimum absolute atomic E-state index is 0. The zero-order valence-electron chi connectivity index (χ0n) is 11.3. The van der Waals surface area contributed by atoms with Gasteiger partial charge in [0.05, 0.1) is 6.61 Å². The summed E-state index contributed by atoms with van der Waals surface area (Å²) in [4.78, 5) is 13.6. The molecule has 0 spiro atoms. The van der Waals surface area contributed by atoms with Crippen molar-refractivity contribution in [2.24, 2.45) is 5.73 Å². The largest absolute Gasteiger partial charge is 0.493 e. The highest BCUT2D eigenvalue weighted by Gasteiger charge is 2.22. The van der Waals surface area contributed by atoms with Gasteiger partial charge in [0.25, 0.3) is 0 Å². The van der Waals surface area contributed by atoms with E-state index in [4.69, 9.17) is 10.5 Å². The molecule has 0 radical (unpaired) electrons. The van der Waals surface area contributed by atoms with E-state index in [1.165, 1.54) is 12.1 Å². The van der Waals surface area contributed by atoms with Gasteiger partial charge in [-0.15, -0.1) is 12.4 Å². The monoisotopic (exact) mass is 302 g/mol. The van der Waals surface area contributed by atoms with Crippen LogP contribution in [-0.4, -0.2) is 36.5 Å². The number of ether oxygens (including phenoxy) is 1. The molecule has 1 saturated heterocycles. The smallest absolute Gasteiger partial charge is 0.222 e. The van der Waals surface area contributed by atoms with E-state index in [1.807, 2.05) is 0 Å². The average molecular weight is 303 g/mol. The Morgan fingerprint density at radius 2 is 2.30 bits per heavy atom. The number of carbonyl (C=O) groups excluding carboxylic acids is 1. The first-order valence-electron chi connectivity index (χ1n) is 6.57. The fraction of sp³-hybridized carbons (Fsp3) is 0.500. The van der Waals surface area contributed by atoms with Crippen molar-refractivity contribution in [1.29, 1.82) is 0 Å². The van der Waals surface area contributed by atoms with Crippen molar-refractivity contribution in [3.63, 3.8) is 0 Å². The second kappa shape index (κ2) is 8.07. The summed E-state index contributed by atoms with van der Waals surface area (Å²) in [7, 11) is 0. The highest BCUT2D eigenvalue weighted by molar-refractivity contribution is 5.85. The lowest BCUT2D eigenvalue weighted by Gasteiger charge is -2.15. The molecule has 1 amide bonds. The average Bonchev–Trinajstić information content (AvgIpc) is 2.81. The van der Waals surface area contributed by atoms with Crippen LogP contribution in [0.3, 0.4) is 0 Å². The molecule has 2 rings (SSSR count). The molecule has 1 aromatic carbocycles. The third kappa shape index (κ3) is 4.98. The van der Waals surface area contributed by atoms with Crippen molar-refractivity contribution in [2.75, 3.05) is 19.7 Å². The van der Waals surface area contributed by atoms with Crippen molar-refractivity contribution in [2.45, 2.75) is 25.3 Å². The van der Waals surface area contributed by atoms with Gasteiger partial charge >= 0.3 is 0 Å². The van der Waals surface area contributed by atoms with Crippen LogP contribution in [0.1, 0.15) is 19.3 Å². The van der Waals surface area contributed by atoms with Crippen molar-refractivity contribution in [1.82, 2.24) is 4.90 Å². The fourth-order valence-electron chi connectivity index (χ4n) is 2.14. The molecule has 0 aromatic heterocycles. The first kappa shape index (κ1) is 16.7. The number of likely N-dealkylation sites (tertiary alicyclic amines) is 1. The van der Waals surface area contributed by atoms with E-state index in [2.05, 4.69) is 0 Å². The predicted octanol–water partition coefficient (Wildman–Crippen LogP) is 1.97. The minimum atomic E-state index is -0.320. The number of benzene rings is 1. The second-order valence-corrected chi connectivity index (χ2v) is 4.80. The highest BCUT2D eigenvalue weighted by Crippen LogP contribution is 2.13. The number of nitrogens with zero attached hydrogens (tertiary/aromatic N) is 1. The van der Waals surface area contributed by atoms with Crippen LogP contribution >= 0.6 is 12.4 Å². The summed E-state index contributed by atoms with van der Waals surface area (Å²) >= 11 is 0. The van der Waals surface area contributed by atoms with Crippen LogP contribution in [-0.2, 0) is 4.79 Å². The molecular weight excluding hydrogens is 283 g/mol. The van der Waals surface area contributed by atoms with Gasteiger partial charge in [0.1, 0.15) is 11.6 Å². The topological polar surface area (TPSA) is 55.6 Å². The molecule has 1 fully saturated rings. The summed E-state index contributed by atoms with van der Waals surface area (Å²) < 4.78 is 18.3. The minimum Gasteiger partial charge on any atom is -0.493 e. The molecule has 1 aromatic rings. The normalized spacial score (nSPS) is 17.7. The van der Waals surface area contributed by atoms with E-state index in [1.54, 1.807) is 17.0 Å². The summed E-state index contributed by atoms with van der Waals surface area (Å²) in [6, 6.07) is 6.12. The van der Waals surface area contributed by atoms with Gasteiger partial charge in [-0.05, 0) is 25.0 Å². The SMILES string of the molecule is Cl.N[C@@H]1CCN(C(=O)CCCOc2cccc(F)c2)C1. The molecule has 2 N–H and O–H groups in total. The lowest BCUT2D eigenvalue weighted by molar-refractivity contribution is -0.130. The maximum Gasteiger partial charge on any atom is 0.222 e. The Morgan fingerprint density at radius 3 is 2.95 bits per heavy atom. The highest BCUT2D eigenvalue weighted by atomic mass is 35.5. The van der Waals surface area contributed by atoms with Crippen molar-refractivity contribution in [3.05, 3.63) is 30.1 Å². The summed E-state index contributed by atoms with van der Waals surface area (Å²) in [5.74, 6) is 0.297. The summed E-state index contributed by atoms with van der Waals surface area (Å²) in [6.45, 7) is 1.82. The van der Waals surface area contributed by atoms with Gasteiger partial charge in [-0.25, -0.2) is 4.39 Å². The number of carbonyl (C=O) groups is 1. The molecule has 112 valence electrons. The van der Waals surface area contributed by atoms with Crippen LogP contribution in [0.15, 0.2) is 24.3 Å². The Kier molecular flexibility index (Phi) is 6.75. The molecule has 6 heteroatoms. The van der Waals surface area contributed by atoms with E-state index in [-0.39, 0.29) is 30.2 Å². The number of nitrogens with two attached hydrogens (primary N) is 1. The molecule has 0 aliphatic carbocycles. The van der Waals surface area contributed by atoms with Gasteiger partial charge in [0, 0.05) is 31.6 Å². The van der Waals surface area contributed by atoms with E-state index in [0.29, 0.717) is 31.7 Å². The maximum absolute atomic E-state index is 12.9. The number of rotatable bonds is 5. The van der Waals surface area contributed by atoms with Gasteiger partial charge in [0.2, 0.25) is 5.91 Å². The van der Waals surface area contributed by atoms with Gasteiger partial charge in [0.15, 0.2) is 0 Å². The Balaban J connectivity index is 0.00000200. The molecule has 1 heterocycles. The zero-order chi connectivity index (χ0) is 13.7. The second-order valence-electron chi connectivity index (χ2n) is 4.80. The van der Waals surface area contributed by atoms with Gasteiger partial charge < -0.3 is 15.4 Å². The Labute approximate surface area is 124 Å². The van der Waals surface area contributed by atoms with Crippen LogP contribution in [0, 0.1) is 5.82 Å². The fourth-order valence-corrected chi connectivity index (χ4v) is 2.14. The van der Waals surface area contributed by atoms with E-state index < -0.39 is 0 Å². The van der Waals surface area contributed by atoms with Crippen LogP contribution in [0.2, 0.25) is 0 Å². The number of hydrogen-bond acceptors (Lipinski definition) is 3. The lowest BCUT2D eigenvalue weighted by Crippen LogP contribution is -2.31. The van der Waals surface area contributed by atoms with Gasteiger partial charge in [-0.2, -0.15) is 0 Å². The Morgan fingerprint density at radius 1 is 1.50 bits per heavy atom. The number of amides is 1. The number of halogens is 2. The third-order valence-electron chi connectivity index (χ3n) is 3.18. The van der Waals surface area contributed by atoms with Crippen molar-refractivity contribution >= 4 is 18.3 Å². The lowest BCUT2D eigenvalue weighted by atomic mass is 10.3. The Hall–Kier alpha value is -1.33. The first-order valence-corrected chi connectivity index (χ1v) is 6.57. The van der Waals surface area contributed by atoms with E-state index in [9.17, 15) is 9.18 Å². The predicted molar refractivity (Wildman–Crippen MR) is 77.5 cm³/mol. The van der Waals surface area contributed by atoms with Crippen LogP contribution in [0.25, 0.3) is 0 Å². The molecule has 0 bridgehead atoms. The van der Waals surface area contributed by atoms with E-state index in [0.717, 1.165) is 13.0 Å². The first-order chi connectivity index (χ1) is 9.15. The molecule has 0 saturated carbocycles. The molecule has 1 aliphatic rings. The molecular formula is C14H20ClFN2O2. The van der Waals surface area contributed by atoms with Crippen LogP contribution in [0.5, 0.6) is 5.75 Å². The zero-order valence-corrected chi connectivity index (χ0v) is 12.1. The maximum atomic E-state index is 12.9. The van der Waals surface area contributed by atoms with Crippen LogP contribution in [0.4, 0.5) is 4.39 Å². The van der Waals surface area contributed by atoms with Crippen molar-refractivity contribution in [3.8, 4) is 5.75 Å². The quantitative estimate of drug-likeness (QED) is 0.846. The number of hydrogen-bond donors (Lipinski definition) is 1. The van der Waals surface area contributed by atoms with Crippen molar-refractivity contribution < 1.29 is 13.9 Å². The standard InChI is InChI=1S/C14H19FN2O2.ClH/c15-11-3-1-4-13(9-11)19-8-2-5-14(18)17-7-6-12(16)10-17;/h1,3-4,9,12H,2,5-8,10,16H2;1H/t12-;/m1./s1. The summed E-state index contributed by atoms with van der Waals surface area (Å²) in [6.07, 6.45) is 1.95. The van der Waals surface area contributed by atoms with Crippen LogP contribution < -0.4 is 10.5 Å². The molecule has 1 atom stereocenters. The summed E-state index contributed by atoms with van der Waals surface area (Å²) in [5.41, 5.74) is 5.75. The Bertz CT molecular complexity index is 445.